The third-order valence-electron chi connectivity index (χ3n) is 2.62. The molecule has 0 heterocycles. The molecule has 0 aliphatic rings. The van der Waals surface area contributed by atoms with Crippen LogP contribution in [-0.2, 0) is 9.59 Å². The summed E-state index contributed by atoms with van der Waals surface area (Å²) in [4.78, 5) is 22.6. The summed E-state index contributed by atoms with van der Waals surface area (Å²) in [6.07, 6.45) is 0.715. The van der Waals surface area contributed by atoms with Crippen molar-refractivity contribution >= 4 is 23.2 Å². The van der Waals surface area contributed by atoms with Gasteiger partial charge in [0, 0.05) is 24.8 Å². The summed E-state index contributed by atoms with van der Waals surface area (Å²) in [5, 5.41) is 5.45. The van der Waals surface area contributed by atoms with Crippen molar-refractivity contribution in [3.63, 3.8) is 0 Å². The minimum Gasteiger partial charge on any atom is -0.330 e. The van der Waals surface area contributed by atoms with Crippen molar-refractivity contribution in [3.8, 4) is 0 Å². The number of benzene rings is 1. The molecule has 5 nitrogen and oxygen atoms in total. The summed E-state index contributed by atoms with van der Waals surface area (Å²) in [6.45, 7) is 3.71. The number of nitrogens with one attached hydrogen (secondary N) is 2. The standard InChI is InChI=1S/C13H19N3O2/c1-3-10(8-14)13(18)16-12-6-4-11(5-7-12)15-9(2)17/h4-7,10H,3,8,14H2,1-2H3,(H,15,17)(H,16,18). The first kappa shape index (κ1) is 14.2. The lowest BCUT2D eigenvalue weighted by Gasteiger charge is -2.13. The Morgan fingerprint density at radius 1 is 1.17 bits per heavy atom. The van der Waals surface area contributed by atoms with Crippen molar-refractivity contribution in [1.29, 1.82) is 0 Å². The van der Waals surface area contributed by atoms with Crippen LogP contribution in [0.25, 0.3) is 0 Å². The van der Waals surface area contributed by atoms with E-state index in [9.17, 15) is 9.59 Å². The molecule has 0 saturated carbocycles. The van der Waals surface area contributed by atoms with E-state index < -0.39 is 0 Å². The van der Waals surface area contributed by atoms with Crippen LogP contribution in [0.4, 0.5) is 11.4 Å². The van der Waals surface area contributed by atoms with Gasteiger partial charge < -0.3 is 16.4 Å². The van der Waals surface area contributed by atoms with Crippen molar-refractivity contribution in [3.05, 3.63) is 24.3 Å². The monoisotopic (exact) mass is 249 g/mol. The highest BCUT2D eigenvalue weighted by atomic mass is 16.2. The SMILES string of the molecule is CCC(CN)C(=O)Nc1ccc(NC(C)=O)cc1. The molecule has 18 heavy (non-hydrogen) atoms. The Balaban J connectivity index is 2.63. The van der Waals surface area contributed by atoms with E-state index in [1.165, 1.54) is 6.92 Å². The fourth-order valence-corrected chi connectivity index (χ4v) is 1.54. The van der Waals surface area contributed by atoms with Gasteiger partial charge in [0.25, 0.3) is 0 Å². The molecule has 1 unspecified atom stereocenters. The maximum atomic E-state index is 11.8. The Morgan fingerprint density at radius 3 is 2.06 bits per heavy atom. The fourth-order valence-electron chi connectivity index (χ4n) is 1.54. The van der Waals surface area contributed by atoms with E-state index in [1.54, 1.807) is 24.3 Å². The summed E-state index contributed by atoms with van der Waals surface area (Å²) in [6, 6.07) is 6.96. The van der Waals surface area contributed by atoms with Crippen LogP contribution < -0.4 is 16.4 Å². The molecule has 1 aromatic rings. The van der Waals surface area contributed by atoms with Crippen molar-refractivity contribution in [2.24, 2.45) is 11.7 Å². The predicted molar refractivity (Wildman–Crippen MR) is 72.2 cm³/mol. The zero-order chi connectivity index (χ0) is 13.5. The van der Waals surface area contributed by atoms with Gasteiger partial charge in [0.05, 0.1) is 5.92 Å². The van der Waals surface area contributed by atoms with Crippen LogP contribution in [0.1, 0.15) is 20.3 Å². The predicted octanol–water partition coefficient (Wildman–Crippen LogP) is 1.57. The van der Waals surface area contributed by atoms with Gasteiger partial charge in [-0.05, 0) is 30.7 Å². The molecular formula is C13H19N3O2. The molecule has 0 radical (unpaired) electrons. The zero-order valence-corrected chi connectivity index (χ0v) is 10.7. The van der Waals surface area contributed by atoms with Gasteiger partial charge in [0.15, 0.2) is 0 Å². The maximum absolute atomic E-state index is 11.8. The third-order valence-corrected chi connectivity index (χ3v) is 2.62. The first-order chi connectivity index (χ1) is 8.56. The van der Waals surface area contributed by atoms with Gasteiger partial charge in [-0.2, -0.15) is 0 Å². The minimum atomic E-state index is -0.167. The third kappa shape index (κ3) is 4.18. The lowest BCUT2D eigenvalue weighted by Crippen LogP contribution is -2.28. The fraction of sp³-hybridized carbons (Fsp3) is 0.385. The summed E-state index contributed by atoms with van der Waals surface area (Å²) < 4.78 is 0. The van der Waals surface area contributed by atoms with Crippen LogP contribution in [-0.4, -0.2) is 18.4 Å². The van der Waals surface area contributed by atoms with Crippen molar-refractivity contribution in [2.45, 2.75) is 20.3 Å². The molecule has 0 saturated heterocycles. The summed E-state index contributed by atoms with van der Waals surface area (Å²) >= 11 is 0. The maximum Gasteiger partial charge on any atom is 0.228 e. The Kier molecular flexibility index (Phi) is 5.32. The molecule has 0 aliphatic carbocycles. The van der Waals surface area contributed by atoms with Gasteiger partial charge in [-0.25, -0.2) is 0 Å². The van der Waals surface area contributed by atoms with Crippen LogP contribution >= 0.6 is 0 Å². The Labute approximate surface area is 107 Å². The molecule has 5 heteroatoms. The number of amides is 2. The van der Waals surface area contributed by atoms with E-state index in [0.29, 0.717) is 24.3 Å². The average Bonchev–Trinajstić information content (AvgIpc) is 2.32. The number of hydrogen-bond acceptors (Lipinski definition) is 3. The van der Waals surface area contributed by atoms with Gasteiger partial charge in [0.1, 0.15) is 0 Å². The second-order valence-electron chi connectivity index (χ2n) is 4.09. The van der Waals surface area contributed by atoms with E-state index in [2.05, 4.69) is 10.6 Å². The molecule has 0 spiro atoms. The molecular weight excluding hydrogens is 230 g/mol. The van der Waals surface area contributed by atoms with E-state index in [0.717, 1.165) is 0 Å². The number of carbonyl (C=O) groups is 2. The smallest absolute Gasteiger partial charge is 0.228 e. The average molecular weight is 249 g/mol. The molecule has 0 fully saturated rings. The second kappa shape index (κ2) is 6.76. The normalized spacial score (nSPS) is 11.7. The van der Waals surface area contributed by atoms with Crippen molar-refractivity contribution in [1.82, 2.24) is 0 Å². The number of rotatable bonds is 5. The first-order valence-electron chi connectivity index (χ1n) is 5.95. The first-order valence-corrected chi connectivity index (χ1v) is 5.95. The van der Waals surface area contributed by atoms with Crippen LogP contribution in [0.2, 0.25) is 0 Å². The summed E-state index contributed by atoms with van der Waals surface area (Å²) in [5.74, 6) is -0.367. The molecule has 0 aliphatic heterocycles. The van der Waals surface area contributed by atoms with Crippen LogP contribution in [0.5, 0.6) is 0 Å². The van der Waals surface area contributed by atoms with Crippen molar-refractivity contribution in [2.75, 3.05) is 17.2 Å². The van der Waals surface area contributed by atoms with Gasteiger partial charge >= 0.3 is 0 Å². The quantitative estimate of drug-likeness (QED) is 0.740. The number of hydrogen-bond donors (Lipinski definition) is 3. The highest BCUT2D eigenvalue weighted by molar-refractivity contribution is 5.93. The van der Waals surface area contributed by atoms with Crippen LogP contribution in [0.15, 0.2) is 24.3 Å². The molecule has 98 valence electrons. The van der Waals surface area contributed by atoms with Gasteiger partial charge in [-0.1, -0.05) is 6.92 Å². The summed E-state index contributed by atoms with van der Waals surface area (Å²) in [7, 11) is 0. The largest absolute Gasteiger partial charge is 0.330 e. The van der Waals surface area contributed by atoms with Gasteiger partial charge in [0.2, 0.25) is 11.8 Å². The number of anilines is 2. The highest BCUT2D eigenvalue weighted by Crippen LogP contribution is 2.14. The highest BCUT2D eigenvalue weighted by Gasteiger charge is 2.14. The number of carbonyl (C=O) groups excluding carboxylic acids is 2. The summed E-state index contributed by atoms with van der Waals surface area (Å²) in [5.41, 5.74) is 6.90. The van der Waals surface area contributed by atoms with E-state index in [-0.39, 0.29) is 17.7 Å². The lowest BCUT2D eigenvalue weighted by atomic mass is 10.1. The van der Waals surface area contributed by atoms with Crippen LogP contribution in [0, 0.1) is 5.92 Å². The molecule has 0 bridgehead atoms. The van der Waals surface area contributed by atoms with E-state index in [1.807, 2.05) is 6.92 Å². The molecule has 1 aromatic carbocycles. The minimum absolute atomic E-state index is 0.0766. The van der Waals surface area contributed by atoms with Crippen LogP contribution in [0.3, 0.4) is 0 Å². The van der Waals surface area contributed by atoms with E-state index >= 15 is 0 Å². The van der Waals surface area contributed by atoms with Gasteiger partial charge in [-0.15, -0.1) is 0 Å². The lowest BCUT2D eigenvalue weighted by molar-refractivity contribution is -0.119. The Hall–Kier alpha value is -1.88. The molecule has 2 amide bonds. The van der Waals surface area contributed by atoms with Gasteiger partial charge in [-0.3, -0.25) is 9.59 Å². The number of nitrogens with two attached hydrogens (primary N) is 1. The molecule has 1 rings (SSSR count). The molecule has 0 aromatic heterocycles. The molecule has 4 N–H and O–H groups in total. The van der Waals surface area contributed by atoms with E-state index in [4.69, 9.17) is 5.73 Å². The second-order valence-corrected chi connectivity index (χ2v) is 4.09. The van der Waals surface area contributed by atoms with Crippen molar-refractivity contribution < 1.29 is 9.59 Å². The Bertz CT molecular complexity index is 411. The molecule has 1 atom stereocenters. The zero-order valence-electron chi connectivity index (χ0n) is 10.7. The Morgan fingerprint density at radius 2 is 1.67 bits per heavy atom. The topological polar surface area (TPSA) is 84.2 Å².